The van der Waals surface area contributed by atoms with Crippen LogP contribution in [0.25, 0.3) is 10.1 Å². The van der Waals surface area contributed by atoms with Crippen molar-refractivity contribution in [3.8, 4) is 0 Å². The molecule has 0 aliphatic rings. The van der Waals surface area contributed by atoms with E-state index < -0.39 is 0 Å². The molecular formula is C15H19Cl2NS. The van der Waals surface area contributed by atoms with Crippen LogP contribution in [0.15, 0.2) is 12.1 Å². The minimum Gasteiger partial charge on any atom is -0.312 e. The second-order valence-electron chi connectivity index (χ2n) is 5.66. The van der Waals surface area contributed by atoms with Gasteiger partial charge in [-0.25, -0.2) is 0 Å². The van der Waals surface area contributed by atoms with Gasteiger partial charge in [0, 0.05) is 21.8 Å². The second kappa shape index (κ2) is 5.61. The van der Waals surface area contributed by atoms with E-state index in [2.05, 4.69) is 33.0 Å². The Kier molecular flexibility index (Phi) is 4.46. The molecule has 1 nitrogen and oxygen atoms in total. The molecule has 0 atom stereocenters. The van der Waals surface area contributed by atoms with Crippen molar-refractivity contribution in [1.82, 2.24) is 5.32 Å². The summed E-state index contributed by atoms with van der Waals surface area (Å²) < 4.78 is 1.10. The van der Waals surface area contributed by atoms with Gasteiger partial charge >= 0.3 is 0 Å². The molecule has 104 valence electrons. The molecule has 1 aromatic heterocycles. The van der Waals surface area contributed by atoms with Crippen molar-refractivity contribution in [1.29, 1.82) is 0 Å². The lowest BCUT2D eigenvalue weighted by Gasteiger charge is -2.21. The first-order valence-electron chi connectivity index (χ1n) is 6.46. The van der Waals surface area contributed by atoms with Crippen molar-refractivity contribution in [2.24, 2.45) is 0 Å². The highest BCUT2D eigenvalue weighted by atomic mass is 35.5. The molecule has 2 rings (SSSR count). The first kappa shape index (κ1) is 15.1. The van der Waals surface area contributed by atoms with Crippen LogP contribution in [0.2, 0.25) is 10.0 Å². The monoisotopic (exact) mass is 315 g/mol. The number of rotatable bonds is 3. The van der Waals surface area contributed by atoms with Crippen LogP contribution in [-0.4, -0.2) is 6.54 Å². The predicted octanol–water partition coefficient (Wildman–Crippen LogP) is 5.62. The number of nitrogens with one attached hydrogen (secondary N) is 1. The Morgan fingerprint density at radius 1 is 1.16 bits per heavy atom. The first-order valence-corrected chi connectivity index (χ1v) is 8.04. The standard InChI is InChI=1S/C15H19Cl2NS/c1-5-18-8-11-13(15(2,3)4)12-9(16)6-7-10(17)14(12)19-11/h6-7,18H,5,8H2,1-4H3. The highest BCUT2D eigenvalue weighted by Gasteiger charge is 2.25. The van der Waals surface area contributed by atoms with Gasteiger partial charge in [-0.3, -0.25) is 0 Å². The van der Waals surface area contributed by atoms with E-state index in [-0.39, 0.29) is 5.41 Å². The molecule has 1 heterocycles. The van der Waals surface area contributed by atoms with Crippen LogP contribution in [0.1, 0.15) is 38.1 Å². The lowest BCUT2D eigenvalue weighted by atomic mass is 9.85. The highest BCUT2D eigenvalue weighted by molar-refractivity contribution is 7.20. The lowest BCUT2D eigenvalue weighted by molar-refractivity contribution is 0.585. The fraction of sp³-hybridized carbons (Fsp3) is 0.467. The number of fused-ring (bicyclic) bond motifs is 1. The molecule has 0 bridgehead atoms. The summed E-state index contributed by atoms with van der Waals surface area (Å²) in [6.07, 6.45) is 0. The van der Waals surface area contributed by atoms with E-state index in [1.807, 2.05) is 12.1 Å². The number of hydrogen-bond acceptors (Lipinski definition) is 2. The van der Waals surface area contributed by atoms with Gasteiger partial charge in [0.05, 0.1) is 9.72 Å². The Labute approximate surface area is 128 Å². The van der Waals surface area contributed by atoms with Crippen LogP contribution >= 0.6 is 34.5 Å². The van der Waals surface area contributed by atoms with Crippen molar-refractivity contribution < 1.29 is 0 Å². The van der Waals surface area contributed by atoms with Gasteiger partial charge in [-0.1, -0.05) is 50.9 Å². The van der Waals surface area contributed by atoms with Crippen molar-refractivity contribution in [3.63, 3.8) is 0 Å². The van der Waals surface area contributed by atoms with Gasteiger partial charge in [0.2, 0.25) is 0 Å². The zero-order valence-corrected chi connectivity index (χ0v) is 14.1. The summed E-state index contributed by atoms with van der Waals surface area (Å²) in [6.45, 7) is 10.6. The van der Waals surface area contributed by atoms with Gasteiger partial charge in [0.1, 0.15) is 0 Å². The third kappa shape index (κ3) is 2.92. The molecule has 2 aromatic rings. The van der Waals surface area contributed by atoms with Gasteiger partial charge in [0.25, 0.3) is 0 Å². The molecular weight excluding hydrogens is 297 g/mol. The zero-order chi connectivity index (χ0) is 14.2. The van der Waals surface area contributed by atoms with Gasteiger partial charge in [-0.15, -0.1) is 11.3 Å². The summed E-state index contributed by atoms with van der Waals surface area (Å²) in [4.78, 5) is 1.33. The Morgan fingerprint density at radius 2 is 1.79 bits per heavy atom. The average molecular weight is 316 g/mol. The summed E-state index contributed by atoms with van der Waals surface area (Å²) >= 11 is 14.5. The Bertz CT molecular complexity index is 596. The highest BCUT2D eigenvalue weighted by Crippen LogP contribution is 2.44. The maximum atomic E-state index is 6.42. The van der Waals surface area contributed by atoms with E-state index in [4.69, 9.17) is 23.2 Å². The van der Waals surface area contributed by atoms with Crippen molar-refractivity contribution in [3.05, 3.63) is 32.6 Å². The average Bonchev–Trinajstić information content (AvgIpc) is 2.71. The molecule has 0 amide bonds. The molecule has 19 heavy (non-hydrogen) atoms. The van der Waals surface area contributed by atoms with Crippen LogP contribution < -0.4 is 5.32 Å². The third-order valence-electron chi connectivity index (χ3n) is 3.10. The number of benzene rings is 1. The van der Waals surface area contributed by atoms with E-state index in [1.165, 1.54) is 10.4 Å². The maximum Gasteiger partial charge on any atom is 0.0585 e. The van der Waals surface area contributed by atoms with Gasteiger partial charge < -0.3 is 5.32 Å². The molecule has 0 radical (unpaired) electrons. The third-order valence-corrected chi connectivity index (χ3v) is 5.06. The van der Waals surface area contributed by atoms with Crippen LogP contribution in [0.4, 0.5) is 0 Å². The lowest BCUT2D eigenvalue weighted by Crippen LogP contribution is -2.17. The Morgan fingerprint density at radius 3 is 2.37 bits per heavy atom. The fourth-order valence-electron chi connectivity index (χ4n) is 2.34. The van der Waals surface area contributed by atoms with Gasteiger partial charge in [0.15, 0.2) is 0 Å². The van der Waals surface area contributed by atoms with Crippen molar-refractivity contribution in [2.75, 3.05) is 6.54 Å². The van der Waals surface area contributed by atoms with Crippen molar-refractivity contribution in [2.45, 2.75) is 39.7 Å². The fourth-order valence-corrected chi connectivity index (χ4v) is 4.33. The van der Waals surface area contributed by atoms with Crippen molar-refractivity contribution >= 4 is 44.6 Å². The molecule has 1 N–H and O–H groups in total. The Hall–Kier alpha value is -0.280. The number of halogens is 2. The van der Waals surface area contributed by atoms with Crippen LogP contribution in [0.5, 0.6) is 0 Å². The molecule has 0 spiro atoms. The topological polar surface area (TPSA) is 12.0 Å². The van der Waals surface area contributed by atoms with E-state index in [1.54, 1.807) is 11.3 Å². The minimum atomic E-state index is 0.0529. The summed E-state index contributed by atoms with van der Waals surface area (Å²) in [7, 11) is 0. The van der Waals surface area contributed by atoms with E-state index in [0.717, 1.165) is 33.2 Å². The van der Waals surface area contributed by atoms with Gasteiger partial charge in [-0.2, -0.15) is 0 Å². The number of thiophene rings is 1. The predicted molar refractivity (Wildman–Crippen MR) is 87.9 cm³/mol. The molecule has 0 saturated heterocycles. The smallest absolute Gasteiger partial charge is 0.0585 e. The molecule has 0 aliphatic heterocycles. The van der Waals surface area contributed by atoms with E-state index >= 15 is 0 Å². The number of hydrogen-bond donors (Lipinski definition) is 1. The van der Waals surface area contributed by atoms with E-state index in [0.29, 0.717) is 0 Å². The minimum absolute atomic E-state index is 0.0529. The summed E-state index contributed by atoms with van der Waals surface area (Å²) in [5, 5.41) is 6.11. The first-order chi connectivity index (χ1) is 8.86. The summed E-state index contributed by atoms with van der Waals surface area (Å²) in [5.74, 6) is 0. The van der Waals surface area contributed by atoms with Crippen LogP contribution in [0.3, 0.4) is 0 Å². The van der Waals surface area contributed by atoms with Gasteiger partial charge in [-0.05, 0) is 29.7 Å². The quantitative estimate of drug-likeness (QED) is 0.775. The second-order valence-corrected chi connectivity index (χ2v) is 7.58. The van der Waals surface area contributed by atoms with E-state index in [9.17, 15) is 0 Å². The Balaban J connectivity index is 2.74. The molecule has 1 aromatic carbocycles. The summed E-state index contributed by atoms with van der Waals surface area (Å²) in [5.41, 5.74) is 1.37. The molecule has 0 fully saturated rings. The summed E-state index contributed by atoms with van der Waals surface area (Å²) in [6, 6.07) is 3.78. The van der Waals surface area contributed by atoms with Crippen LogP contribution in [-0.2, 0) is 12.0 Å². The largest absolute Gasteiger partial charge is 0.312 e. The molecule has 0 unspecified atom stereocenters. The van der Waals surface area contributed by atoms with Crippen LogP contribution in [0, 0.1) is 0 Å². The SMILES string of the molecule is CCNCc1sc2c(Cl)ccc(Cl)c2c1C(C)(C)C. The molecule has 4 heteroatoms. The maximum absolute atomic E-state index is 6.42. The zero-order valence-electron chi connectivity index (χ0n) is 11.7. The molecule has 0 saturated carbocycles. The molecule has 0 aliphatic carbocycles. The normalized spacial score (nSPS) is 12.3.